The number of nitrogens with zero attached hydrogens (tertiary/aromatic N) is 5. The molecule has 1 fully saturated rings. The number of anilines is 1. The van der Waals surface area contributed by atoms with Crippen molar-refractivity contribution < 1.29 is 59.4 Å². The second-order valence-corrected chi connectivity index (χ2v) is 18.5. The van der Waals surface area contributed by atoms with Crippen LogP contribution in [0.5, 0.6) is 0 Å². The number of benzene rings is 1. The van der Waals surface area contributed by atoms with Gasteiger partial charge >= 0.3 is 11.8 Å². The first kappa shape index (κ1) is 45.0. The van der Waals surface area contributed by atoms with Crippen molar-refractivity contribution in [1.82, 2.24) is 10.1 Å². The maximum Gasteiger partial charge on any atom is 0.333 e. The number of aromatic nitrogens is 1. The fraction of sp³-hybridized carbons (Fsp3) is 0.450. The number of aliphatic imine (C=N–C) groups is 1. The molecule has 0 spiro atoms. The van der Waals surface area contributed by atoms with Crippen molar-refractivity contribution in [3.63, 3.8) is 0 Å². The molecule has 19 heteroatoms. The summed E-state index contributed by atoms with van der Waals surface area (Å²) in [5.41, 5.74) is 2.69. The third kappa shape index (κ3) is 10.2. The molecule has 2 N–H and O–H groups in total. The number of hydrogen-bond acceptors (Lipinski definition) is 12. The largest absolute Gasteiger partial charge is 0.344 e. The predicted octanol–water partition coefficient (Wildman–Crippen LogP) is 4.46. The molecular weight excluding hydrogens is 807 g/mol. The normalized spacial score (nSPS) is 18.0. The van der Waals surface area contributed by atoms with E-state index < -0.39 is 60.5 Å². The van der Waals surface area contributed by atoms with Gasteiger partial charge in [-0.25, -0.2) is 14.4 Å². The summed E-state index contributed by atoms with van der Waals surface area (Å²) in [6, 6.07) is 6.22. The van der Waals surface area contributed by atoms with E-state index in [1.54, 1.807) is 22.9 Å². The molecule has 2 aromatic rings. The third-order valence-electron chi connectivity index (χ3n) is 10.6. The van der Waals surface area contributed by atoms with E-state index >= 15 is 0 Å². The minimum Gasteiger partial charge on any atom is -0.344 e. The topological polar surface area (TPSA) is 221 Å². The highest BCUT2D eigenvalue weighted by molar-refractivity contribution is 7.86. The van der Waals surface area contributed by atoms with Gasteiger partial charge in [0.25, 0.3) is 38.0 Å². The molecule has 3 aliphatic heterocycles. The highest BCUT2D eigenvalue weighted by atomic mass is 32.2. The molecule has 3 amide bonds. The third-order valence-corrected chi connectivity index (χ3v) is 12.3. The van der Waals surface area contributed by atoms with Gasteiger partial charge in [0, 0.05) is 56.1 Å². The summed E-state index contributed by atoms with van der Waals surface area (Å²) >= 11 is 0. The number of amides is 3. The van der Waals surface area contributed by atoms with Crippen molar-refractivity contribution in [3.8, 4) is 0 Å². The summed E-state index contributed by atoms with van der Waals surface area (Å²) in [6.45, 7) is 8.49. The minimum absolute atomic E-state index is 0.0139. The van der Waals surface area contributed by atoms with Crippen LogP contribution in [0.4, 0.5) is 11.5 Å². The Morgan fingerprint density at radius 3 is 2.27 bits per heavy atom. The zero-order valence-electron chi connectivity index (χ0n) is 33.9. The molecule has 17 nitrogen and oxygen atoms in total. The fourth-order valence-electron chi connectivity index (χ4n) is 7.27. The first-order valence-corrected chi connectivity index (χ1v) is 22.1. The lowest BCUT2D eigenvalue weighted by Gasteiger charge is -2.27. The molecule has 1 saturated heterocycles. The number of imide groups is 1. The SMILES string of the molecule is CON(C)C(=O)c1cc2c([n+](CCCS(=O)(=O)O)c1)N=C(/C=C/C=C/C=C1/N(CCCCCC(=O)ON3C(=O)CCC3=O)c3ccc(S(=O)(=O)O)cc3C1(C)C)C2(C)C. The molecule has 0 bridgehead atoms. The van der Waals surface area contributed by atoms with Crippen molar-refractivity contribution in [2.75, 3.05) is 31.4 Å². The number of hydroxylamine groups is 4. The second-order valence-electron chi connectivity index (χ2n) is 15.5. The van der Waals surface area contributed by atoms with Gasteiger partial charge in [-0.3, -0.25) is 28.3 Å². The quantitative estimate of drug-likeness (QED) is 0.0561. The smallest absolute Gasteiger partial charge is 0.333 e. The van der Waals surface area contributed by atoms with Crippen LogP contribution < -0.4 is 9.47 Å². The number of allylic oxidation sites excluding steroid dienone is 6. The minimum atomic E-state index is -4.47. The number of fused-ring (bicyclic) bond motifs is 2. The maximum absolute atomic E-state index is 13.1. The molecule has 0 unspecified atom stereocenters. The summed E-state index contributed by atoms with van der Waals surface area (Å²) in [5.74, 6) is -2.07. The Morgan fingerprint density at radius 2 is 1.63 bits per heavy atom. The summed E-state index contributed by atoms with van der Waals surface area (Å²) in [6.07, 6.45) is 12.6. The molecule has 0 aliphatic carbocycles. The summed E-state index contributed by atoms with van der Waals surface area (Å²) < 4.78 is 67.8. The first-order chi connectivity index (χ1) is 27.6. The van der Waals surface area contributed by atoms with Crippen LogP contribution in [0.2, 0.25) is 0 Å². The predicted molar refractivity (Wildman–Crippen MR) is 216 cm³/mol. The van der Waals surface area contributed by atoms with E-state index in [9.17, 15) is 45.1 Å². The lowest BCUT2D eigenvalue weighted by Crippen LogP contribution is -2.38. The average molecular weight is 857 g/mol. The van der Waals surface area contributed by atoms with Gasteiger partial charge in [-0.05, 0) is 73.7 Å². The lowest BCUT2D eigenvalue weighted by atomic mass is 9.81. The number of rotatable bonds is 17. The maximum atomic E-state index is 13.1. The number of pyridine rings is 1. The van der Waals surface area contributed by atoms with Crippen molar-refractivity contribution in [1.29, 1.82) is 0 Å². The van der Waals surface area contributed by atoms with Crippen molar-refractivity contribution in [2.24, 2.45) is 4.99 Å². The Balaban J connectivity index is 1.35. The standard InChI is InChI=1S/C40H49N5O12S2/c1-39(2)30-24-27(38(49)42(5)56-6)26-43(21-13-23-58(50,51)52)37(30)41-32(39)14-9-7-10-15-33-40(3,4)29-25-28(59(53,54)55)17-18-31(29)44(33)22-12-8-11-16-36(48)57-45-34(46)19-20-35(45)47/h7,9-10,14-15,17-18,24-26H,8,11-13,16,19-23H2,1-6H3,(H-,50,51,52,53,54,55)/p+1. The summed E-state index contributed by atoms with van der Waals surface area (Å²) in [4.78, 5) is 65.7. The van der Waals surface area contributed by atoms with Gasteiger partial charge in [-0.2, -0.15) is 16.8 Å². The van der Waals surface area contributed by atoms with Crippen LogP contribution in [0, 0.1) is 0 Å². The Labute approximate surface area is 344 Å². The van der Waals surface area contributed by atoms with E-state index in [-0.39, 0.29) is 37.1 Å². The molecule has 1 aromatic heterocycles. The molecular formula is C40H50N5O12S2+. The molecule has 0 atom stereocenters. The highest BCUT2D eigenvalue weighted by Gasteiger charge is 2.44. The molecule has 1 aromatic carbocycles. The first-order valence-electron chi connectivity index (χ1n) is 19.0. The van der Waals surface area contributed by atoms with Gasteiger partial charge in [-0.1, -0.05) is 38.5 Å². The van der Waals surface area contributed by atoms with E-state index in [4.69, 9.17) is 14.7 Å². The van der Waals surface area contributed by atoms with Gasteiger partial charge in [0.15, 0.2) is 5.71 Å². The highest BCUT2D eigenvalue weighted by Crippen LogP contribution is 2.48. The molecule has 4 heterocycles. The molecule has 318 valence electrons. The van der Waals surface area contributed by atoms with Gasteiger partial charge < -0.3 is 9.74 Å². The summed E-state index contributed by atoms with van der Waals surface area (Å²) in [5, 5.41) is 1.61. The van der Waals surface area contributed by atoms with Crippen molar-refractivity contribution in [2.45, 2.75) is 94.9 Å². The number of carbonyl (C=O) groups is 4. The van der Waals surface area contributed by atoms with Crippen LogP contribution in [-0.2, 0) is 61.7 Å². The van der Waals surface area contributed by atoms with Gasteiger partial charge in [0.05, 0.1) is 40.8 Å². The zero-order chi connectivity index (χ0) is 43.5. The number of aryl methyl sites for hydroxylation is 1. The number of carbonyl (C=O) groups excluding carboxylic acids is 4. The Morgan fingerprint density at radius 1 is 0.932 bits per heavy atom. The van der Waals surface area contributed by atoms with E-state index in [0.29, 0.717) is 53.5 Å². The van der Waals surface area contributed by atoms with Crippen molar-refractivity contribution >= 4 is 61.1 Å². The number of unbranched alkanes of at least 4 members (excludes halogenated alkanes) is 2. The monoisotopic (exact) mass is 856 g/mol. The molecule has 0 radical (unpaired) electrons. The Hall–Kier alpha value is -5.08. The number of hydrogen-bond donors (Lipinski definition) is 2. The van der Waals surface area contributed by atoms with E-state index in [0.717, 1.165) is 22.0 Å². The van der Waals surface area contributed by atoms with Crippen molar-refractivity contribution in [3.05, 3.63) is 83.2 Å². The molecule has 59 heavy (non-hydrogen) atoms. The Bertz CT molecular complexity index is 2370. The lowest BCUT2D eigenvalue weighted by molar-refractivity contribution is -0.684. The van der Waals surface area contributed by atoms with Crippen LogP contribution in [0.25, 0.3) is 0 Å². The molecule has 5 rings (SSSR count). The van der Waals surface area contributed by atoms with Crippen LogP contribution in [-0.4, -0.2) is 91.9 Å². The molecule has 0 saturated carbocycles. The van der Waals surface area contributed by atoms with Gasteiger partial charge in [-0.15, -0.1) is 5.06 Å². The van der Waals surface area contributed by atoms with E-state index in [2.05, 4.69) is 4.90 Å². The van der Waals surface area contributed by atoms with Crippen LogP contribution in [0.3, 0.4) is 0 Å². The zero-order valence-corrected chi connectivity index (χ0v) is 35.5. The van der Waals surface area contributed by atoms with E-state index in [1.165, 1.54) is 26.3 Å². The van der Waals surface area contributed by atoms with E-state index in [1.807, 2.05) is 58.1 Å². The van der Waals surface area contributed by atoms with Gasteiger partial charge in [0.2, 0.25) is 0 Å². The summed E-state index contributed by atoms with van der Waals surface area (Å²) in [7, 11) is -5.82. The van der Waals surface area contributed by atoms with Crippen LogP contribution in [0.15, 0.2) is 76.4 Å². The fourth-order valence-corrected chi connectivity index (χ4v) is 8.27. The van der Waals surface area contributed by atoms with Crippen LogP contribution >= 0.6 is 0 Å². The molecule has 3 aliphatic rings. The second kappa shape index (κ2) is 17.6. The van der Waals surface area contributed by atoms with Gasteiger partial charge in [0.1, 0.15) is 6.20 Å². The Kier molecular flexibility index (Phi) is 13.5. The van der Waals surface area contributed by atoms with Crippen LogP contribution in [0.1, 0.15) is 94.1 Å². The average Bonchev–Trinajstić information content (AvgIpc) is 3.69.